The van der Waals surface area contributed by atoms with Gasteiger partial charge in [0.2, 0.25) is 0 Å². The van der Waals surface area contributed by atoms with Crippen molar-refractivity contribution in [3.63, 3.8) is 0 Å². The van der Waals surface area contributed by atoms with E-state index in [9.17, 15) is 4.21 Å². The molecule has 1 aromatic rings. The van der Waals surface area contributed by atoms with E-state index in [0.29, 0.717) is 5.75 Å². The van der Waals surface area contributed by atoms with Crippen LogP contribution in [-0.4, -0.2) is 22.3 Å². The number of anilines is 1. The van der Waals surface area contributed by atoms with Crippen LogP contribution in [0, 0.1) is 0 Å². The SMILES string of the molecule is CC(CS(C)=O)NCc1sccc1N. The molecule has 1 heterocycles. The Morgan fingerprint density at radius 3 is 2.93 bits per heavy atom. The van der Waals surface area contributed by atoms with Crippen LogP contribution in [0.15, 0.2) is 11.4 Å². The summed E-state index contributed by atoms with van der Waals surface area (Å²) in [7, 11) is -0.740. The molecule has 3 N–H and O–H groups in total. The zero-order valence-corrected chi connectivity index (χ0v) is 10.1. The molecule has 0 bridgehead atoms. The number of nitrogens with two attached hydrogens (primary N) is 1. The Hall–Kier alpha value is -0.390. The maximum atomic E-state index is 10.9. The Morgan fingerprint density at radius 2 is 2.43 bits per heavy atom. The highest BCUT2D eigenvalue weighted by atomic mass is 32.2. The van der Waals surface area contributed by atoms with E-state index in [2.05, 4.69) is 5.32 Å². The number of rotatable bonds is 5. The van der Waals surface area contributed by atoms with Crippen LogP contribution < -0.4 is 11.1 Å². The molecule has 1 aromatic heterocycles. The molecule has 1 rings (SSSR count). The molecule has 0 aromatic carbocycles. The summed E-state index contributed by atoms with van der Waals surface area (Å²) >= 11 is 1.65. The van der Waals surface area contributed by atoms with Crippen molar-refractivity contribution >= 4 is 27.8 Å². The van der Waals surface area contributed by atoms with Crippen molar-refractivity contribution in [3.05, 3.63) is 16.3 Å². The lowest BCUT2D eigenvalue weighted by atomic mass is 10.3. The quantitative estimate of drug-likeness (QED) is 0.802. The highest BCUT2D eigenvalue weighted by molar-refractivity contribution is 7.84. The lowest BCUT2D eigenvalue weighted by Gasteiger charge is -2.11. The van der Waals surface area contributed by atoms with Crippen LogP contribution in [0.4, 0.5) is 5.69 Å². The van der Waals surface area contributed by atoms with Crippen LogP contribution in [0.2, 0.25) is 0 Å². The average Bonchev–Trinajstić information content (AvgIpc) is 2.46. The molecule has 0 spiro atoms. The molecule has 0 aliphatic heterocycles. The third-order valence-corrected chi connectivity index (χ3v) is 3.78. The first-order chi connectivity index (χ1) is 6.59. The molecule has 14 heavy (non-hydrogen) atoms. The Labute approximate surface area is 91.2 Å². The fourth-order valence-electron chi connectivity index (χ4n) is 1.17. The molecule has 0 aliphatic carbocycles. The van der Waals surface area contributed by atoms with E-state index >= 15 is 0 Å². The minimum atomic E-state index is -0.740. The molecule has 80 valence electrons. The summed E-state index contributed by atoms with van der Waals surface area (Å²) < 4.78 is 10.9. The molecule has 5 heteroatoms. The van der Waals surface area contributed by atoms with Crippen molar-refractivity contribution in [2.45, 2.75) is 19.5 Å². The first-order valence-electron chi connectivity index (χ1n) is 4.45. The summed E-state index contributed by atoms with van der Waals surface area (Å²) in [6.07, 6.45) is 1.72. The van der Waals surface area contributed by atoms with E-state index in [1.807, 2.05) is 18.4 Å². The smallest absolute Gasteiger partial charge is 0.0468 e. The van der Waals surface area contributed by atoms with E-state index in [4.69, 9.17) is 5.73 Å². The van der Waals surface area contributed by atoms with Crippen LogP contribution in [0.1, 0.15) is 11.8 Å². The summed E-state index contributed by atoms with van der Waals surface area (Å²) in [5.41, 5.74) is 6.58. The van der Waals surface area contributed by atoms with E-state index in [0.717, 1.165) is 17.1 Å². The average molecular weight is 232 g/mol. The predicted octanol–water partition coefficient (Wildman–Crippen LogP) is 1.19. The van der Waals surface area contributed by atoms with Crippen LogP contribution >= 0.6 is 11.3 Å². The molecule has 0 saturated heterocycles. The predicted molar refractivity (Wildman–Crippen MR) is 64.0 cm³/mol. The van der Waals surface area contributed by atoms with Crippen LogP contribution in [0.3, 0.4) is 0 Å². The van der Waals surface area contributed by atoms with E-state index < -0.39 is 10.8 Å². The van der Waals surface area contributed by atoms with E-state index in [1.165, 1.54) is 0 Å². The standard InChI is InChI=1S/C9H16N2OS2/c1-7(6-14(2)12)11-5-9-8(10)3-4-13-9/h3-4,7,11H,5-6,10H2,1-2H3. The molecule has 3 nitrogen and oxygen atoms in total. The molecular weight excluding hydrogens is 216 g/mol. The number of nitrogen functional groups attached to an aromatic ring is 1. The lowest BCUT2D eigenvalue weighted by molar-refractivity contribution is 0.592. The Morgan fingerprint density at radius 1 is 1.71 bits per heavy atom. The molecule has 2 unspecified atom stereocenters. The van der Waals surface area contributed by atoms with Gasteiger partial charge in [0.05, 0.1) is 0 Å². The highest BCUT2D eigenvalue weighted by Crippen LogP contribution is 2.18. The fourth-order valence-corrected chi connectivity index (χ4v) is 2.74. The molecule has 2 atom stereocenters. The first kappa shape index (κ1) is 11.7. The molecule has 0 aliphatic rings. The van der Waals surface area contributed by atoms with Gasteiger partial charge in [0.1, 0.15) is 0 Å². The first-order valence-corrected chi connectivity index (χ1v) is 7.05. The lowest BCUT2D eigenvalue weighted by Crippen LogP contribution is -2.30. The summed E-state index contributed by atoms with van der Waals surface area (Å²) in [5, 5.41) is 5.28. The summed E-state index contributed by atoms with van der Waals surface area (Å²) in [4.78, 5) is 1.15. The van der Waals surface area contributed by atoms with Gasteiger partial charge in [0.25, 0.3) is 0 Å². The van der Waals surface area contributed by atoms with Crippen molar-refractivity contribution in [2.24, 2.45) is 0 Å². The van der Waals surface area contributed by atoms with Gasteiger partial charge in [-0.1, -0.05) is 0 Å². The largest absolute Gasteiger partial charge is 0.398 e. The van der Waals surface area contributed by atoms with Gasteiger partial charge in [0, 0.05) is 46.0 Å². The zero-order chi connectivity index (χ0) is 10.6. The second kappa shape index (κ2) is 5.48. The minimum absolute atomic E-state index is 0.266. The number of hydrogen-bond donors (Lipinski definition) is 2. The maximum absolute atomic E-state index is 10.9. The second-order valence-corrected chi connectivity index (χ2v) is 5.80. The van der Waals surface area contributed by atoms with Gasteiger partial charge in [-0.05, 0) is 18.4 Å². The normalized spacial score (nSPS) is 15.3. The van der Waals surface area contributed by atoms with Crippen molar-refractivity contribution in [1.82, 2.24) is 5.32 Å². The van der Waals surface area contributed by atoms with Crippen LogP contribution in [-0.2, 0) is 17.3 Å². The second-order valence-electron chi connectivity index (χ2n) is 3.32. The van der Waals surface area contributed by atoms with Crippen molar-refractivity contribution in [1.29, 1.82) is 0 Å². The Bertz CT molecular complexity index is 312. The molecule has 0 fully saturated rings. The Kier molecular flexibility index (Phi) is 4.57. The molecule has 0 amide bonds. The summed E-state index contributed by atoms with van der Waals surface area (Å²) in [6, 6.07) is 2.17. The zero-order valence-electron chi connectivity index (χ0n) is 8.45. The topological polar surface area (TPSA) is 55.1 Å². The summed E-state index contributed by atoms with van der Waals surface area (Å²) in [6.45, 7) is 2.80. The van der Waals surface area contributed by atoms with Crippen molar-refractivity contribution in [3.8, 4) is 0 Å². The van der Waals surface area contributed by atoms with Gasteiger partial charge in [-0.25, -0.2) is 0 Å². The monoisotopic (exact) mass is 232 g/mol. The van der Waals surface area contributed by atoms with Crippen LogP contribution in [0.5, 0.6) is 0 Å². The van der Waals surface area contributed by atoms with Gasteiger partial charge in [-0.15, -0.1) is 11.3 Å². The summed E-state index contributed by atoms with van der Waals surface area (Å²) in [5.74, 6) is 0.686. The van der Waals surface area contributed by atoms with Gasteiger partial charge in [-0.2, -0.15) is 0 Å². The number of hydrogen-bond acceptors (Lipinski definition) is 4. The van der Waals surface area contributed by atoms with E-state index in [1.54, 1.807) is 17.6 Å². The van der Waals surface area contributed by atoms with Gasteiger partial charge in [-0.3, -0.25) is 4.21 Å². The minimum Gasteiger partial charge on any atom is -0.398 e. The van der Waals surface area contributed by atoms with E-state index in [-0.39, 0.29) is 6.04 Å². The Balaban J connectivity index is 2.34. The van der Waals surface area contributed by atoms with Gasteiger partial charge in [0.15, 0.2) is 0 Å². The number of thiophene rings is 1. The molecule has 0 saturated carbocycles. The third-order valence-electron chi connectivity index (χ3n) is 1.88. The van der Waals surface area contributed by atoms with Gasteiger partial charge >= 0.3 is 0 Å². The van der Waals surface area contributed by atoms with Crippen molar-refractivity contribution in [2.75, 3.05) is 17.7 Å². The number of nitrogens with one attached hydrogen (secondary N) is 1. The van der Waals surface area contributed by atoms with Crippen LogP contribution in [0.25, 0.3) is 0 Å². The molecular formula is C9H16N2OS2. The fraction of sp³-hybridized carbons (Fsp3) is 0.556. The third kappa shape index (κ3) is 3.77. The maximum Gasteiger partial charge on any atom is 0.0468 e. The molecule has 0 radical (unpaired) electrons. The van der Waals surface area contributed by atoms with Crippen molar-refractivity contribution < 1.29 is 4.21 Å². The van der Waals surface area contributed by atoms with Gasteiger partial charge < -0.3 is 11.1 Å². The highest BCUT2D eigenvalue weighted by Gasteiger charge is 2.05.